The van der Waals surface area contributed by atoms with E-state index in [9.17, 15) is 9.59 Å². The fourth-order valence-electron chi connectivity index (χ4n) is 4.95. The van der Waals surface area contributed by atoms with Crippen molar-refractivity contribution in [1.82, 2.24) is 19.9 Å². The molecule has 0 atom stereocenters. The molecule has 6 rings (SSSR count). The minimum atomic E-state index is -0.375. The van der Waals surface area contributed by atoms with Crippen LogP contribution in [0, 0.1) is 0 Å². The predicted octanol–water partition coefficient (Wildman–Crippen LogP) is 5.37. The number of carbonyl (C=O) groups is 2. The predicted molar refractivity (Wildman–Crippen MR) is 169 cm³/mol. The number of pyridine rings is 2. The van der Waals surface area contributed by atoms with Crippen molar-refractivity contribution < 1.29 is 19.1 Å². The van der Waals surface area contributed by atoms with E-state index in [-0.39, 0.29) is 11.8 Å². The SMILES string of the molecule is COc1ccc(-c2cnc3c(N4CCOCC4)nc(-c4ccc(NC(=O)Nc5ccc(CC(C)=O)cc5)cc4)nc3c2)cn1. The highest BCUT2D eigenvalue weighted by atomic mass is 16.5. The second-order valence-corrected chi connectivity index (χ2v) is 10.4. The molecule has 2 amide bonds. The molecule has 2 N–H and O–H groups in total. The summed E-state index contributed by atoms with van der Waals surface area (Å²) in [6.07, 6.45) is 3.93. The molecule has 1 saturated heterocycles. The molecule has 0 spiro atoms. The molecule has 0 radical (unpaired) electrons. The maximum Gasteiger partial charge on any atom is 0.323 e. The first-order chi connectivity index (χ1) is 21.4. The number of aromatic nitrogens is 4. The molecule has 1 aliphatic heterocycles. The van der Waals surface area contributed by atoms with E-state index in [0.717, 1.165) is 28.1 Å². The van der Waals surface area contributed by atoms with Crippen LogP contribution in [0.5, 0.6) is 5.88 Å². The number of morpholine rings is 1. The second-order valence-electron chi connectivity index (χ2n) is 10.4. The fourth-order valence-corrected chi connectivity index (χ4v) is 4.95. The number of ketones is 1. The Kier molecular flexibility index (Phi) is 8.37. The number of nitrogens with zero attached hydrogens (tertiary/aromatic N) is 5. The number of fused-ring (bicyclic) bond motifs is 1. The van der Waals surface area contributed by atoms with Gasteiger partial charge >= 0.3 is 6.03 Å². The van der Waals surface area contributed by atoms with Crippen LogP contribution in [0.15, 0.2) is 79.1 Å². The highest BCUT2D eigenvalue weighted by Crippen LogP contribution is 2.30. The fraction of sp³-hybridized carbons (Fsp3) is 0.212. The van der Waals surface area contributed by atoms with Gasteiger partial charge in [0.15, 0.2) is 11.6 Å². The number of hydrogen-bond donors (Lipinski definition) is 2. The zero-order chi connectivity index (χ0) is 30.5. The largest absolute Gasteiger partial charge is 0.481 e. The van der Waals surface area contributed by atoms with Gasteiger partial charge in [-0.1, -0.05) is 12.1 Å². The lowest BCUT2D eigenvalue weighted by molar-refractivity contribution is -0.116. The van der Waals surface area contributed by atoms with Gasteiger partial charge < -0.3 is 25.0 Å². The summed E-state index contributed by atoms with van der Waals surface area (Å²) in [6.45, 7) is 4.18. The zero-order valence-corrected chi connectivity index (χ0v) is 24.4. The molecule has 5 aromatic rings. The number of carbonyl (C=O) groups excluding carboxylic acids is 2. The van der Waals surface area contributed by atoms with Crippen molar-refractivity contribution in [3.05, 3.63) is 84.7 Å². The van der Waals surface area contributed by atoms with E-state index in [4.69, 9.17) is 24.4 Å². The topological polar surface area (TPSA) is 131 Å². The summed E-state index contributed by atoms with van der Waals surface area (Å²) in [5.41, 5.74) is 6.14. The molecule has 4 heterocycles. The molecule has 3 aromatic heterocycles. The van der Waals surface area contributed by atoms with Gasteiger partial charge in [-0.3, -0.25) is 9.78 Å². The standard InChI is InChI=1S/C33H31N7O4/c1-21(41)17-22-3-8-26(9-4-22)36-33(42)37-27-10-5-23(6-11-27)31-38-28-18-25(24-7-12-29(43-2)34-19-24)20-35-30(28)32(39-31)40-13-15-44-16-14-40/h3-12,18-20H,13-17H2,1-2H3,(H2,36,37,42). The Labute approximate surface area is 254 Å². The summed E-state index contributed by atoms with van der Waals surface area (Å²) in [6, 6.07) is 19.9. The third kappa shape index (κ3) is 6.63. The number of ether oxygens (including phenoxy) is 2. The van der Waals surface area contributed by atoms with Gasteiger partial charge in [-0.2, -0.15) is 0 Å². The lowest BCUT2D eigenvalue weighted by Crippen LogP contribution is -2.37. The van der Waals surface area contributed by atoms with Crippen molar-refractivity contribution in [1.29, 1.82) is 0 Å². The molecule has 0 bridgehead atoms. The molecular weight excluding hydrogens is 558 g/mol. The van der Waals surface area contributed by atoms with Crippen molar-refractivity contribution in [2.45, 2.75) is 13.3 Å². The number of nitrogens with one attached hydrogen (secondary N) is 2. The van der Waals surface area contributed by atoms with Gasteiger partial charge in [0.25, 0.3) is 0 Å². The Balaban J connectivity index is 1.24. The number of urea groups is 1. The average Bonchev–Trinajstić information content (AvgIpc) is 3.05. The van der Waals surface area contributed by atoms with Crippen molar-refractivity contribution in [3.8, 4) is 28.4 Å². The number of anilines is 3. The Hall–Kier alpha value is -5.42. The van der Waals surface area contributed by atoms with Gasteiger partial charge in [0.1, 0.15) is 11.3 Å². The minimum Gasteiger partial charge on any atom is -0.481 e. The van der Waals surface area contributed by atoms with Crippen LogP contribution >= 0.6 is 0 Å². The van der Waals surface area contributed by atoms with Gasteiger partial charge in [0, 0.05) is 66.0 Å². The summed E-state index contributed by atoms with van der Waals surface area (Å²) in [7, 11) is 1.58. The number of rotatable bonds is 8. The van der Waals surface area contributed by atoms with Crippen molar-refractivity contribution in [2.24, 2.45) is 0 Å². The van der Waals surface area contributed by atoms with Crippen molar-refractivity contribution in [2.75, 3.05) is 48.9 Å². The smallest absolute Gasteiger partial charge is 0.323 e. The minimum absolute atomic E-state index is 0.0887. The van der Waals surface area contributed by atoms with Crippen LogP contribution in [0.1, 0.15) is 12.5 Å². The first kappa shape index (κ1) is 28.7. The summed E-state index contributed by atoms with van der Waals surface area (Å²) < 4.78 is 10.8. The normalized spacial score (nSPS) is 13.0. The molecule has 2 aromatic carbocycles. The molecule has 0 aliphatic carbocycles. The first-order valence-corrected chi connectivity index (χ1v) is 14.2. The van der Waals surface area contributed by atoms with Crippen LogP contribution in [-0.4, -0.2) is 65.2 Å². The highest BCUT2D eigenvalue weighted by Gasteiger charge is 2.20. The molecule has 1 fully saturated rings. The van der Waals surface area contributed by atoms with Crippen LogP contribution in [0.2, 0.25) is 0 Å². The van der Waals surface area contributed by atoms with Crippen LogP contribution in [0.25, 0.3) is 33.5 Å². The molecule has 0 unspecified atom stereocenters. The molecule has 222 valence electrons. The average molecular weight is 590 g/mol. The Morgan fingerprint density at radius 2 is 1.50 bits per heavy atom. The van der Waals surface area contributed by atoms with E-state index in [0.29, 0.717) is 66.8 Å². The molecule has 44 heavy (non-hydrogen) atoms. The Morgan fingerprint density at radius 3 is 2.14 bits per heavy atom. The summed E-state index contributed by atoms with van der Waals surface area (Å²) in [5.74, 6) is 1.93. The number of methoxy groups -OCH3 is 1. The number of Topliss-reactive ketones (excluding diaryl/α,β-unsaturated/α-hetero) is 1. The zero-order valence-electron chi connectivity index (χ0n) is 24.4. The van der Waals surface area contributed by atoms with Crippen LogP contribution in [0.3, 0.4) is 0 Å². The van der Waals surface area contributed by atoms with Crippen molar-refractivity contribution >= 4 is 40.0 Å². The third-order valence-electron chi connectivity index (χ3n) is 7.17. The maximum atomic E-state index is 12.6. The van der Waals surface area contributed by atoms with Gasteiger partial charge in [0.05, 0.1) is 25.8 Å². The van der Waals surface area contributed by atoms with Gasteiger partial charge in [-0.25, -0.2) is 19.7 Å². The quantitative estimate of drug-likeness (QED) is 0.245. The van der Waals surface area contributed by atoms with E-state index < -0.39 is 0 Å². The van der Waals surface area contributed by atoms with Crippen LogP contribution < -0.4 is 20.3 Å². The molecule has 11 nitrogen and oxygen atoms in total. The number of benzene rings is 2. The van der Waals surface area contributed by atoms with E-state index in [2.05, 4.69) is 20.5 Å². The van der Waals surface area contributed by atoms with Crippen LogP contribution in [0.4, 0.5) is 22.0 Å². The molecule has 11 heteroatoms. The molecule has 0 saturated carbocycles. The Morgan fingerprint density at radius 1 is 0.841 bits per heavy atom. The maximum absolute atomic E-state index is 12.6. The third-order valence-corrected chi connectivity index (χ3v) is 7.17. The molecular formula is C33H31N7O4. The summed E-state index contributed by atoms with van der Waals surface area (Å²) in [5, 5.41) is 5.66. The van der Waals surface area contributed by atoms with Gasteiger partial charge in [-0.15, -0.1) is 0 Å². The van der Waals surface area contributed by atoms with Crippen molar-refractivity contribution in [3.63, 3.8) is 0 Å². The lowest BCUT2D eigenvalue weighted by Gasteiger charge is -2.28. The van der Waals surface area contributed by atoms with E-state index in [1.165, 1.54) is 0 Å². The monoisotopic (exact) mass is 589 g/mol. The lowest BCUT2D eigenvalue weighted by atomic mass is 10.1. The summed E-state index contributed by atoms with van der Waals surface area (Å²) in [4.78, 5) is 45.0. The number of hydrogen-bond acceptors (Lipinski definition) is 9. The first-order valence-electron chi connectivity index (χ1n) is 14.2. The molecule has 1 aliphatic rings. The van der Waals surface area contributed by atoms with Gasteiger partial charge in [0.2, 0.25) is 5.88 Å². The van der Waals surface area contributed by atoms with Crippen LogP contribution in [-0.2, 0) is 16.0 Å². The van der Waals surface area contributed by atoms with Gasteiger partial charge in [-0.05, 0) is 61.0 Å². The number of amides is 2. The van der Waals surface area contributed by atoms with E-state index in [1.54, 1.807) is 32.4 Å². The van der Waals surface area contributed by atoms with E-state index in [1.807, 2.05) is 60.8 Å². The second kappa shape index (κ2) is 12.8. The summed E-state index contributed by atoms with van der Waals surface area (Å²) >= 11 is 0. The Bertz CT molecular complexity index is 1790. The van der Waals surface area contributed by atoms with E-state index >= 15 is 0 Å². The highest BCUT2D eigenvalue weighted by molar-refractivity contribution is 6.00.